The molecule has 42 heavy (non-hydrogen) atoms. The van der Waals surface area contributed by atoms with Crippen LogP contribution in [0, 0.1) is 5.92 Å². The molecule has 4 saturated heterocycles. The summed E-state index contributed by atoms with van der Waals surface area (Å²) in [6.07, 6.45) is 1.31. The van der Waals surface area contributed by atoms with Crippen LogP contribution in [0.4, 0.5) is 0 Å². The summed E-state index contributed by atoms with van der Waals surface area (Å²) in [5.41, 5.74) is -2.25. The number of aliphatic hydroxyl groups is 3. The summed E-state index contributed by atoms with van der Waals surface area (Å²) in [7, 11) is 1.60. The first kappa shape index (κ1) is 33.9. The van der Waals surface area contributed by atoms with Gasteiger partial charge in [0.15, 0.2) is 5.79 Å². The molecule has 242 valence electrons. The van der Waals surface area contributed by atoms with E-state index in [9.17, 15) is 15.3 Å². The Hall–Kier alpha value is -0.960. The number of ether oxygens (including phenoxy) is 8. The van der Waals surface area contributed by atoms with Crippen molar-refractivity contribution in [3.8, 4) is 0 Å². The first-order valence-corrected chi connectivity index (χ1v) is 15.1. The summed E-state index contributed by atoms with van der Waals surface area (Å²) in [5, 5.41) is 31.0. The fourth-order valence-electron chi connectivity index (χ4n) is 6.57. The molecule has 0 aliphatic carbocycles. The number of fused-ring (bicyclic) bond motifs is 2. The molecular formula is C31H52O11. The minimum Gasteiger partial charge on any atom is -0.394 e. The molecule has 0 aromatic heterocycles. The summed E-state index contributed by atoms with van der Waals surface area (Å²) in [5.74, 6) is -0.358. The van der Waals surface area contributed by atoms with Gasteiger partial charge in [0.25, 0.3) is 0 Å². The van der Waals surface area contributed by atoms with Gasteiger partial charge in [0.1, 0.15) is 36.8 Å². The maximum atomic E-state index is 10.8. The van der Waals surface area contributed by atoms with E-state index >= 15 is 0 Å². The van der Waals surface area contributed by atoms with Gasteiger partial charge in [-0.2, -0.15) is 0 Å². The molecule has 0 aromatic rings. The molecule has 0 amide bonds. The van der Waals surface area contributed by atoms with E-state index in [1.807, 2.05) is 20.8 Å². The van der Waals surface area contributed by atoms with E-state index in [0.717, 1.165) is 6.42 Å². The van der Waals surface area contributed by atoms with Crippen LogP contribution < -0.4 is 0 Å². The molecule has 0 radical (unpaired) electrons. The van der Waals surface area contributed by atoms with Crippen molar-refractivity contribution in [2.45, 2.75) is 132 Å². The minimum absolute atomic E-state index is 0.0709. The van der Waals surface area contributed by atoms with Crippen molar-refractivity contribution in [2.75, 3.05) is 33.7 Å². The Kier molecular flexibility index (Phi) is 11.3. The molecule has 0 spiro atoms. The topological polar surface area (TPSA) is 135 Å². The first-order chi connectivity index (χ1) is 19.8. The molecule has 3 N–H and O–H groups in total. The lowest BCUT2D eigenvalue weighted by Crippen LogP contribution is -2.63. The van der Waals surface area contributed by atoms with Crippen LogP contribution in [0.1, 0.15) is 59.8 Å². The van der Waals surface area contributed by atoms with Crippen LogP contribution in [0.5, 0.6) is 0 Å². The summed E-state index contributed by atoms with van der Waals surface area (Å²) in [4.78, 5) is 0. The molecular weight excluding hydrogens is 548 g/mol. The molecule has 0 bridgehead atoms. The summed E-state index contributed by atoms with van der Waals surface area (Å²) in [6.45, 7) is 15.8. The van der Waals surface area contributed by atoms with E-state index in [1.165, 1.54) is 13.0 Å². The van der Waals surface area contributed by atoms with Crippen molar-refractivity contribution < 1.29 is 53.2 Å². The molecule has 4 heterocycles. The highest BCUT2D eigenvalue weighted by molar-refractivity contribution is 5.06. The van der Waals surface area contributed by atoms with Gasteiger partial charge in [-0.15, -0.1) is 13.2 Å². The summed E-state index contributed by atoms with van der Waals surface area (Å²) < 4.78 is 49.5. The molecule has 0 unspecified atom stereocenters. The number of aliphatic hydroxyl groups excluding tert-OH is 2. The van der Waals surface area contributed by atoms with E-state index in [4.69, 9.17) is 37.9 Å². The van der Waals surface area contributed by atoms with Gasteiger partial charge in [-0.05, 0) is 47.0 Å². The molecule has 11 nitrogen and oxygen atoms in total. The van der Waals surface area contributed by atoms with Crippen LogP contribution in [0.15, 0.2) is 25.3 Å². The number of hydrogen-bond donors (Lipinski definition) is 3. The quantitative estimate of drug-likeness (QED) is 0.225. The van der Waals surface area contributed by atoms with Crippen LogP contribution >= 0.6 is 0 Å². The number of hydrogen-bond acceptors (Lipinski definition) is 11. The largest absolute Gasteiger partial charge is 0.394 e. The maximum Gasteiger partial charge on any atom is 0.162 e. The summed E-state index contributed by atoms with van der Waals surface area (Å²) in [6, 6.07) is 0. The van der Waals surface area contributed by atoms with Gasteiger partial charge >= 0.3 is 0 Å². The third-order valence-corrected chi connectivity index (χ3v) is 9.15. The minimum atomic E-state index is -1.58. The highest BCUT2D eigenvalue weighted by Crippen LogP contribution is 2.45. The van der Waals surface area contributed by atoms with E-state index in [1.54, 1.807) is 13.2 Å². The van der Waals surface area contributed by atoms with Crippen molar-refractivity contribution in [3.05, 3.63) is 25.3 Å². The first-order valence-electron chi connectivity index (χ1n) is 15.1. The molecule has 11 atom stereocenters. The van der Waals surface area contributed by atoms with Gasteiger partial charge in [0, 0.05) is 25.9 Å². The smallest absolute Gasteiger partial charge is 0.162 e. The maximum absolute atomic E-state index is 10.8. The van der Waals surface area contributed by atoms with Crippen molar-refractivity contribution >= 4 is 0 Å². The predicted octanol–water partition coefficient (Wildman–Crippen LogP) is 2.25. The third kappa shape index (κ3) is 7.81. The average Bonchev–Trinajstić information content (AvgIpc) is 3.09. The van der Waals surface area contributed by atoms with Crippen LogP contribution in [-0.4, -0.2) is 121 Å². The van der Waals surface area contributed by atoms with Gasteiger partial charge in [-0.3, -0.25) is 0 Å². The van der Waals surface area contributed by atoms with Crippen molar-refractivity contribution in [1.29, 1.82) is 0 Å². The average molecular weight is 601 g/mol. The zero-order valence-corrected chi connectivity index (χ0v) is 25.8. The summed E-state index contributed by atoms with van der Waals surface area (Å²) >= 11 is 0. The van der Waals surface area contributed by atoms with Crippen LogP contribution in [0.25, 0.3) is 0 Å². The highest BCUT2D eigenvalue weighted by Gasteiger charge is 2.55. The second-order valence-electron chi connectivity index (χ2n) is 13.0. The Morgan fingerprint density at radius 3 is 2.43 bits per heavy atom. The second kappa shape index (κ2) is 14.0. The highest BCUT2D eigenvalue weighted by atomic mass is 16.7. The van der Waals surface area contributed by atoms with Crippen molar-refractivity contribution in [1.82, 2.24) is 0 Å². The Bertz CT molecular complexity index is 886. The lowest BCUT2D eigenvalue weighted by atomic mass is 9.81. The van der Waals surface area contributed by atoms with Gasteiger partial charge in [0.2, 0.25) is 0 Å². The molecule has 4 fully saturated rings. The van der Waals surface area contributed by atoms with Crippen molar-refractivity contribution in [3.63, 3.8) is 0 Å². The Balaban J connectivity index is 1.49. The molecule has 0 saturated carbocycles. The van der Waals surface area contributed by atoms with E-state index < -0.39 is 48.0 Å². The lowest BCUT2D eigenvalue weighted by Gasteiger charge is -2.52. The lowest BCUT2D eigenvalue weighted by molar-refractivity contribution is -0.306. The predicted molar refractivity (Wildman–Crippen MR) is 153 cm³/mol. The molecule has 11 heteroatoms. The van der Waals surface area contributed by atoms with E-state index in [0.29, 0.717) is 38.9 Å². The SMILES string of the molecule is C=C[C@H]1O[C@H]2C[C@H]3O[C@H](CC4COC(C)(C)OC4)C[C@H](OCOC)[C@@H]3O[C@]2(C)CC[C@@H]1O[C@H]([C@H](O)CO)[C@@](C)(O)C=C. The fourth-order valence-corrected chi connectivity index (χ4v) is 6.57. The number of rotatable bonds is 12. The van der Waals surface area contributed by atoms with E-state index in [2.05, 4.69) is 13.2 Å². The third-order valence-electron chi connectivity index (χ3n) is 9.15. The monoisotopic (exact) mass is 600 g/mol. The molecule has 0 aromatic carbocycles. The molecule has 4 aliphatic rings. The van der Waals surface area contributed by atoms with Crippen molar-refractivity contribution in [2.24, 2.45) is 5.92 Å². The zero-order chi connectivity index (χ0) is 30.7. The Morgan fingerprint density at radius 1 is 1.10 bits per heavy atom. The van der Waals surface area contributed by atoms with Gasteiger partial charge in [-0.1, -0.05) is 12.2 Å². The Labute approximate surface area is 250 Å². The molecule has 4 aliphatic heterocycles. The van der Waals surface area contributed by atoms with Crippen LogP contribution in [0.3, 0.4) is 0 Å². The van der Waals surface area contributed by atoms with Crippen LogP contribution in [0.2, 0.25) is 0 Å². The fraction of sp³-hybridized carbons (Fsp3) is 0.871. The van der Waals surface area contributed by atoms with Gasteiger partial charge < -0.3 is 53.2 Å². The number of methoxy groups -OCH3 is 1. The zero-order valence-electron chi connectivity index (χ0n) is 25.8. The van der Waals surface area contributed by atoms with Crippen LogP contribution in [-0.2, 0) is 37.9 Å². The standard InChI is InChI=1S/C31H52O11/c1-8-22-23(41-28(21(33)15-32)30(5,34)9-2)10-11-31(6)26(40-22)14-25-27(42-31)24(36-18-35-7)13-20(39-25)12-19-16-37-29(3,4)38-17-19/h8-9,19-28,32-34H,1-2,10-18H2,3-7H3/t20-,21-,22-,23+,24+,25-,26+,27+,28-,30+,31-/m1/s1. The second-order valence-corrected chi connectivity index (χ2v) is 13.0. The Morgan fingerprint density at radius 2 is 1.81 bits per heavy atom. The van der Waals surface area contributed by atoms with E-state index in [-0.39, 0.29) is 43.2 Å². The molecule has 4 rings (SSSR count). The normalized spacial score (nSPS) is 40.0. The van der Waals surface area contributed by atoms with Gasteiger partial charge in [-0.25, -0.2) is 0 Å². The van der Waals surface area contributed by atoms with Gasteiger partial charge in [0.05, 0.1) is 55.9 Å².